The number of rotatable bonds is 5. The lowest BCUT2D eigenvalue weighted by Crippen LogP contribution is -2.42. The molecule has 0 radical (unpaired) electrons. The molecule has 1 heterocycles. The molecule has 2 rings (SSSR count). The molecular formula is C15H22N2O3. The first-order valence-electron chi connectivity index (χ1n) is 6.95. The van der Waals surface area contributed by atoms with Crippen LogP contribution in [0.5, 0.6) is 11.5 Å². The van der Waals surface area contributed by atoms with E-state index in [0.717, 1.165) is 24.2 Å². The quantitative estimate of drug-likeness (QED) is 0.490. The lowest BCUT2D eigenvalue weighted by atomic mass is 10.0. The van der Waals surface area contributed by atoms with Crippen LogP contribution in [0.15, 0.2) is 18.2 Å². The Labute approximate surface area is 119 Å². The molecule has 1 amide bonds. The first-order valence-corrected chi connectivity index (χ1v) is 6.95. The van der Waals surface area contributed by atoms with Crippen molar-refractivity contribution in [2.24, 2.45) is 5.84 Å². The first-order chi connectivity index (χ1) is 9.46. The Morgan fingerprint density at radius 2 is 2.30 bits per heavy atom. The highest BCUT2D eigenvalue weighted by molar-refractivity contribution is 5.80. The molecule has 0 saturated heterocycles. The van der Waals surface area contributed by atoms with E-state index >= 15 is 0 Å². The summed E-state index contributed by atoms with van der Waals surface area (Å²) in [5.41, 5.74) is 3.02. The van der Waals surface area contributed by atoms with E-state index in [1.165, 1.54) is 0 Å². The summed E-state index contributed by atoms with van der Waals surface area (Å²) in [6, 6.07) is 5.77. The minimum absolute atomic E-state index is 0.238. The Balaban J connectivity index is 2.22. The van der Waals surface area contributed by atoms with E-state index in [-0.39, 0.29) is 11.5 Å². The third-order valence-corrected chi connectivity index (χ3v) is 3.31. The van der Waals surface area contributed by atoms with Crippen LogP contribution in [0.2, 0.25) is 0 Å². The average molecular weight is 278 g/mol. The van der Waals surface area contributed by atoms with Crippen LogP contribution in [0, 0.1) is 0 Å². The Morgan fingerprint density at radius 1 is 1.55 bits per heavy atom. The van der Waals surface area contributed by atoms with Gasteiger partial charge in [0, 0.05) is 12.0 Å². The van der Waals surface area contributed by atoms with Gasteiger partial charge in [0.25, 0.3) is 5.91 Å². The third kappa shape index (κ3) is 3.04. The van der Waals surface area contributed by atoms with Crippen molar-refractivity contribution in [3.63, 3.8) is 0 Å². The smallest absolute Gasteiger partial charge is 0.274 e. The Kier molecular flexibility index (Phi) is 4.18. The van der Waals surface area contributed by atoms with Crippen molar-refractivity contribution in [3.05, 3.63) is 23.8 Å². The minimum atomic E-state index is -0.594. The fourth-order valence-electron chi connectivity index (χ4n) is 2.43. The molecule has 20 heavy (non-hydrogen) atoms. The number of nitrogens with one attached hydrogen (secondary N) is 1. The lowest BCUT2D eigenvalue weighted by Gasteiger charge is -2.21. The number of benzene rings is 1. The van der Waals surface area contributed by atoms with Gasteiger partial charge in [-0.3, -0.25) is 10.2 Å². The van der Waals surface area contributed by atoms with Gasteiger partial charge in [-0.05, 0) is 26.3 Å². The number of hydrazine groups is 1. The van der Waals surface area contributed by atoms with Gasteiger partial charge in [0.15, 0.2) is 17.6 Å². The normalized spacial score (nSPS) is 17.0. The molecule has 0 fully saturated rings. The SMILES string of the molecule is CCCC(Oc1cccc2c1OC(C)(C)C2)C(=O)NN. The third-order valence-electron chi connectivity index (χ3n) is 3.31. The molecule has 0 aromatic heterocycles. The number of fused-ring (bicyclic) bond motifs is 1. The number of para-hydroxylation sites is 1. The topological polar surface area (TPSA) is 73.6 Å². The van der Waals surface area contributed by atoms with Crippen LogP contribution in [0.25, 0.3) is 0 Å². The van der Waals surface area contributed by atoms with Crippen LogP contribution in [-0.4, -0.2) is 17.6 Å². The van der Waals surface area contributed by atoms with Gasteiger partial charge in [0.1, 0.15) is 5.60 Å². The predicted molar refractivity (Wildman–Crippen MR) is 76.5 cm³/mol. The maximum absolute atomic E-state index is 11.7. The van der Waals surface area contributed by atoms with Gasteiger partial charge in [0.05, 0.1) is 0 Å². The highest BCUT2D eigenvalue weighted by Crippen LogP contribution is 2.42. The van der Waals surface area contributed by atoms with Crippen LogP contribution in [-0.2, 0) is 11.2 Å². The average Bonchev–Trinajstić information content (AvgIpc) is 2.72. The molecule has 1 aromatic carbocycles. The number of carbonyl (C=O) groups excluding carboxylic acids is 1. The second-order valence-corrected chi connectivity index (χ2v) is 5.69. The molecule has 1 atom stereocenters. The lowest BCUT2D eigenvalue weighted by molar-refractivity contribution is -0.128. The van der Waals surface area contributed by atoms with Crippen molar-refractivity contribution < 1.29 is 14.3 Å². The standard InChI is InChI=1S/C15H22N2O3/c1-4-6-12(14(18)17-16)19-11-8-5-7-10-9-15(2,3)20-13(10)11/h5,7-8,12H,4,6,9,16H2,1-3H3,(H,17,18). The summed E-state index contributed by atoms with van der Waals surface area (Å²) >= 11 is 0. The molecule has 0 aliphatic carbocycles. The van der Waals surface area contributed by atoms with Crippen molar-refractivity contribution >= 4 is 5.91 Å². The molecular weight excluding hydrogens is 256 g/mol. The molecule has 0 bridgehead atoms. The van der Waals surface area contributed by atoms with Gasteiger partial charge in [0.2, 0.25) is 0 Å². The minimum Gasteiger partial charge on any atom is -0.483 e. The van der Waals surface area contributed by atoms with Crippen LogP contribution >= 0.6 is 0 Å². The van der Waals surface area contributed by atoms with Gasteiger partial charge < -0.3 is 9.47 Å². The summed E-state index contributed by atoms with van der Waals surface area (Å²) in [5, 5.41) is 0. The van der Waals surface area contributed by atoms with Crippen molar-refractivity contribution in [3.8, 4) is 11.5 Å². The Morgan fingerprint density at radius 3 is 2.95 bits per heavy atom. The van der Waals surface area contributed by atoms with Gasteiger partial charge in [-0.2, -0.15) is 0 Å². The van der Waals surface area contributed by atoms with Crippen molar-refractivity contribution in [2.45, 2.75) is 51.7 Å². The molecule has 110 valence electrons. The van der Waals surface area contributed by atoms with Gasteiger partial charge in [-0.15, -0.1) is 0 Å². The second-order valence-electron chi connectivity index (χ2n) is 5.69. The Hall–Kier alpha value is -1.75. The molecule has 0 saturated carbocycles. The molecule has 3 N–H and O–H groups in total. The zero-order valence-corrected chi connectivity index (χ0v) is 12.2. The van der Waals surface area contributed by atoms with Gasteiger partial charge in [-0.1, -0.05) is 25.5 Å². The fraction of sp³-hybridized carbons (Fsp3) is 0.533. The van der Waals surface area contributed by atoms with Crippen LogP contribution in [0.1, 0.15) is 39.2 Å². The van der Waals surface area contributed by atoms with Crippen molar-refractivity contribution in [1.82, 2.24) is 5.43 Å². The predicted octanol–water partition coefficient (Wildman–Crippen LogP) is 1.94. The summed E-state index contributed by atoms with van der Waals surface area (Å²) < 4.78 is 11.8. The van der Waals surface area contributed by atoms with Crippen LogP contribution in [0.3, 0.4) is 0 Å². The van der Waals surface area contributed by atoms with E-state index in [1.54, 1.807) is 0 Å². The summed E-state index contributed by atoms with van der Waals surface area (Å²) in [7, 11) is 0. The Bertz CT molecular complexity index is 500. The molecule has 1 aromatic rings. The van der Waals surface area contributed by atoms with Crippen LogP contribution < -0.4 is 20.7 Å². The maximum atomic E-state index is 11.7. The van der Waals surface area contributed by atoms with E-state index < -0.39 is 6.10 Å². The van der Waals surface area contributed by atoms with Gasteiger partial charge in [-0.25, -0.2) is 5.84 Å². The number of amides is 1. The zero-order valence-electron chi connectivity index (χ0n) is 12.2. The number of carbonyl (C=O) groups is 1. The highest BCUT2D eigenvalue weighted by Gasteiger charge is 2.33. The first kappa shape index (κ1) is 14.7. The number of ether oxygens (including phenoxy) is 2. The molecule has 1 unspecified atom stereocenters. The highest BCUT2D eigenvalue weighted by atomic mass is 16.5. The van der Waals surface area contributed by atoms with Crippen LogP contribution in [0.4, 0.5) is 0 Å². The summed E-state index contributed by atoms with van der Waals surface area (Å²) in [6.07, 6.45) is 1.68. The van der Waals surface area contributed by atoms with E-state index in [0.29, 0.717) is 12.2 Å². The zero-order chi connectivity index (χ0) is 14.8. The molecule has 5 heteroatoms. The van der Waals surface area contributed by atoms with E-state index in [4.69, 9.17) is 15.3 Å². The van der Waals surface area contributed by atoms with Crippen molar-refractivity contribution in [1.29, 1.82) is 0 Å². The summed E-state index contributed by atoms with van der Waals surface area (Å²) in [6.45, 7) is 6.06. The van der Waals surface area contributed by atoms with Gasteiger partial charge >= 0.3 is 0 Å². The van der Waals surface area contributed by atoms with Crippen molar-refractivity contribution in [2.75, 3.05) is 0 Å². The summed E-state index contributed by atoms with van der Waals surface area (Å²) in [4.78, 5) is 11.7. The molecule has 5 nitrogen and oxygen atoms in total. The van der Waals surface area contributed by atoms with E-state index in [2.05, 4.69) is 5.43 Å². The molecule has 0 spiro atoms. The van der Waals surface area contributed by atoms with E-state index in [1.807, 2.05) is 39.0 Å². The number of hydrogen-bond donors (Lipinski definition) is 2. The van der Waals surface area contributed by atoms with E-state index in [9.17, 15) is 4.79 Å². The number of hydrogen-bond acceptors (Lipinski definition) is 4. The fourth-order valence-corrected chi connectivity index (χ4v) is 2.43. The number of nitrogens with two attached hydrogens (primary N) is 1. The maximum Gasteiger partial charge on any atom is 0.274 e. The summed E-state index contributed by atoms with van der Waals surface area (Å²) in [5.74, 6) is 6.23. The second kappa shape index (κ2) is 5.71. The molecule has 1 aliphatic heterocycles. The largest absolute Gasteiger partial charge is 0.483 e. The monoisotopic (exact) mass is 278 g/mol. The molecule has 1 aliphatic rings.